The van der Waals surface area contributed by atoms with Crippen LogP contribution < -0.4 is 15.4 Å². The largest absolute Gasteiger partial charge is 0.474 e. The van der Waals surface area contributed by atoms with Gasteiger partial charge in [-0.2, -0.15) is 4.98 Å². The van der Waals surface area contributed by atoms with E-state index < -0.39 is 0 Å². The van der Waals surface area contributed by atoms with Gasteiger partial charge in [-0.3, -0.25) is 5.32 Å². The zero-order chi connectivity index (χ0) is 20.1. The second-order valence-electron chi connectivity index (χ2n) is 7.15. The van der Waals surface area contributed by atoms with E-state index >= 15 is 0 Å². The molecule has 1 aliphatic carbocycles. The Hall–Kier alpha value is -3.13. The van der Waals surface area contributed by atoms with Crippen LogP contribution in [0, 0.1) is 0 Å². The zero-order valence-electron chi connectivity index (χ0n) is 16.4. The topological polar surface area (TPSA) is 101 Å². The summed E-state index contributed by atoms with van der Waals surface area (Å²) in [5.41, 5.74) is 2.07. The van der Waals surface area contributed by atoms with Crippen molar-refractivity contribution in [2.24, 2.45) is 0 Å². The maximum Gasteiger partial charge on any atom is 0.321 e. The lowest BCUT2D eigenvalue weighted by Crippen LogP contribution is -2.30. The van der Waals surface area contributed by atoms with Crippen molar-refractivity contribution in [3.05, 3.63) is 48.3 Å². The monoisotopic (exact) mass is 395 g/mol. The van der Waals surface area contributed by atoms with Crippen molar-refractivity contribution in [2.75, 3.05) is 12.4 Å². The van der Waals surface area contributed by atoms with Gasteiger partial charge in [-0.25, -0.2) is 9.78 Å². The number of methoxy groups -OCH3 is 1. The van der Waals surface area contributed by atoms with Gasteiger partial charge >= 0.3 is 6.03 Å². The number of aromatic nitrogens is 3. The first kappa shape index (κ1) is 19.2. The summed E-state index contributed by atoms with van der Waals surface area (Å²) in [6, 6.07) is 9.27. The van der Waals surface area contributed by atoms with Crippen LogP contribution >= 0.6 is 0 Å². The fourth-order valence-electron chi connectivity index (χ4n) is 3.69. The smallest absolute Gasteiger partial charge is 0.321 e. The summed E-state index contributed by atoms with van der Waals surface area (Å²) in [5.74, 6) is 0.660. The number of aromatic amines is 1. The normalized spacial score (nSPS) is 19.1. The van der Waals surface area contributed by atoms with E-state index in [9.17, 15) is 4.79 Å². The van der Waals surface area contributed by atoms with Crippen molar-refractivity contribution in [1.82, 2.24) is 20.3 Å². The Labute approximate surface area is 169 Å². The molecule has 3 aromatic rings. The molecule has 1 aromatic carbocycles. The number of nitrogens with zero attached hydrogens (tertiary/aromatic N) is 2. The number of urea groups is 1. The van der Waals surface area contributed by atoms with E-state index in [1.807, 2.05) is 30.5 Å². The molecule has 2 amide bonds. The molecule has 2 atom stereocenters. The summed E-state index contributed by atoms with van der Waals surface area (Å²) >= 11 is 0. The Morgan fingerprint density at radius 1 is 1.24 bits per heavy atom. The molecule has 2 heterocycles. The third-order valence-electron chi connectivity index (χ3n) is 5.18. The number of anilines is 1. The number of rotatable bonds is 6. The van der Waals surface area contributed by atoms with Gasteiger partial charge in [0.05, 0.1) is 6.10 Å². The Kier molecular flexibility index (Phi) is 5.90. The molecule has 4 rings (SSSR count). The molecule has 1 saturated carbocycles. The first-order valence-electron chi connectivity index (χ1n) is 9.83. The van der Waals surface area contributed by atoms with Crippen molar-refractivity contribution in [3.8, 4) is 5.88 Å². The van der Waals surface area contributed by atoms with Crippen molar-refractivity contribution >= 4 is 22.9 Å². The lowest BCUT2D eigenvalue weighted by molar-refractivity contribution is 0.0195. The average molecular weight is 395 g/mol. The Morgan fingerprint density at radius 2 is 2.14 bits per heavy atom. The van der Waals surface area contributed by atoms with Crippen molar-refractivity contribution in [1.29, 1.82) is 0 Å². The number of hydrogen-bond donors (Lipinski definition) is 3. The third-order valence-corrected chi connectivity index (χ3v) is 5.18. The van der Waals surface area contributed by atoms with Gasteiger partial charge in [-0.15, -0.1) is 0 Å². The standard InChI is InChI=1S/C21H25N5O3/c1-28-15-5-3-6-16(12-15)29-19-9-11-23-20(25-19)26-21(27)24-13-14-4-2-7-18-17(14)8-10-22-18/h2,4,7-11,15-16,22H,3,5-6,12-13H2,1H3,(H2,23,24,25,26,27). The second kappa shape index (κ2) is 8.91. The van der Waals surface area contributed by atoms with Crippen molar-refractivity contribution in [3.63, 3.8) is 0 Å². The fraction of sp³-hybridized carbons (Fsp3) is 0.381. The molecule has 1 fully saturated rings. The number of carbonyl (C=O) groups excluding carboxylic acids is 1. The van der Waals surface area contributed by atoms with Gasteiger partial charge in [0, 0.05) is 49.4 Å². The average Bonchev–Trinajstić information content (AvgIpc) is 3.22. The van der Waals surface area contributed by atoms with E-state index in [0.29, 0.717) is 12.4 Å². The van der Waals surface area contributed by atoms with E-state index in [1.54, 1.807) is 19.4 Å². The third kappa shape index (κ3) is 4.83. The highest BCUT2D eigenvalue weighted by Gasteiger charge is 2.23. The number of fused-ring (bicyclic) bond motifs is 1. The molecule has 1 aliphatic rings. The van der Waals surface area contributed by atoms with Crippen LogP contribution in [0.4, 0.5) is 10.7 Å². The maximum atomic E-state index is 12.3. The van der Waals surface area contributed by atoms with Gasteiger partial charge in [-0.05, 0) is 37.0 Å². The molecular weight excluding hydrogens is 370 g/mol. The Morgan fingerprint density at radius 3 is 3.03 bits per heavy atom. The molecule has 8 heteroatoms. The highest BCUT2D eigenvalue weighted by molar-refractivity contribution is 5.88. The lowest BCUT2D eigenvalue weighted by atomic mass is 9.95. The SMILES string of the molecule is COC1CCCC(Oc2ccnc(NC(=O)NCc3cccc4[nH]ccc34)n2)C1. The molecule has 2 unspecified atom stereocenters. The molecule has 8 nitrogen and oxygen atoms in total. The van der Waals surface area contributed by atoms with Crippen LogP contribution in [0.1, 0.15) is 31.2 Å². The zero-order valence-corrected chi connectivity index (χ0v) is 16.4. The van der Waals surface area contributed by atoms with Crippen LogP contribution in [-0.4, -0.2) is 40.3 Å². The van der Waals surface area contributed by atoms with Crippen LogP contribution in [-0.2, 0) is 11.3 Å². The molecule has 0 spiro atoms. The van der Waals surface area contributed by atoms with Gasteiger partial charge in [0.25, 0.3) is 0 Å². The van der Waals surface area contributed by atoms with Crippen LogP contribution in [0.5, 0.6) is 5.88 Å². The van der Waals surface area contributed by atoms with Gasteiger partial charge in [0.1, 0.15) is 6.10 Å². The summed E-state index contributed by atoms with van der Waals surface area (Å²) in [4.78, 5) is 23.9. The molecule has 0 radical (unpaired) electrons. The number of H-pyrrole nitrogens is 1. The first-order valence-corrected chi connectivity index (χ1v) is 9.83. The van der Waals surface area contributed by atoms with E-state index in [4.69, 9.17) is 9.47 Å². The van der Waals surface area contributed by atoms with E-state index in [1.165, 1.54) is 0 Å². The van der Waals surface area contributed by atoms with Gasteiger partial charge in [0.15, 0.2) is 0 Å². The second-order valence-corrected chi connectivity index (χ2v) is 7.15. The van der Waals surface area contributed by atoms with Crippen LogP contribution in [0.2, 0.25) is 0 Å². The Balaban J connectivity index is 1.32. The summed E-state index contributed by atoms with van der Waals surface area (Å²) in [7, 11) is 1.73. The van der Waals surface area contributed by atoms with Gasteiger partial charge < -0.3 is 19.8 Å². The highest BCUT2D eigenvalue weighted by Crippen LogP contribution is 2.24. The van der Waals surface area contributed by atoms with E-state index in [-0.39, 0.29) is 24.2 Å². The minimum atomic E-state index is -0.369. The molecule has 29 heavy (non-hydrogen) atoms. The molecule has 0 aliphatic heterocycles. The number of amides is 2. The summed E-state index contributed by atoms with van der Waals surface area (Å²) < 4.78 is 11.4. The molecule has 0 saturated heterocycles. The van der Waals surface area contributed by atoms with Crippen LogP contribution in [0.3, 0.4) is 0 Å². The van der Waals surface area contributed by atoms with Gasteiger partial charge in [0.2, 0.25) is 11.8 Å². The van der Waals surface area contributed by atoms with Gasteiger partial charge in [-0.1, -0.05) is 12.1 Å². The van der Waals surface area contributed by atoms with Crippen molar-refractivity contribution < 1.29 is 14.3 Å². The quantitative estimate of drug-likeness (QED) is 0.592. The molecule has 152 valence electrons. The fourth-order valence-corrected chi connectivity index (χ4v) is 3.69. The number of hydrogen-bond acceptors (Lipinski definition) is 5. The number of benzene rings is 1. The summed E-state index contributed by atoms with van der Waals surface area (Å²) in [5, 5.41) is 6.59. The molecule has 0 bridgehead atoms. The Bertz CT molecular complexity index is 974. The van der Waals surface area contributed by atoms with Crippen LogP contribution in [0.25, 0.3) is 10.9 Å². The number of ether oxygens (including phenoxy) is 2. The maximum absolute atomic E-state index is 12.3. The predicted octanol–water partition coefficient (Wildman–Crippen LogP) is 3.62. The molecule has 3 N–H and O–H groups in total. The molecule has 2 aromatic heterocycles. The first-order chi connectivity index (χ1) is 14.2. The number of carbonyl (C=O) groups is 1. The van der Waals surface area contributed by atoms with E-state index in [0.717, 1.165) is 42.1 Å². The van der Waals surface area contributed by atoms with Crippen LogP contribution in [0.15, 0.2) is 42.7 Å². The minimum Gasteiger partial charge on any atom is -0.474 e. The number of nitrogens with one attached hydrogen (secondary N) is 3. The summed E-state index contributed by atoms with van der Waals surface area (Å²) in [6.45, 7) is 0.400. The highest BCUT2D eigenvalue weighted by atomic mass is 16.5. The summed E-state index contributed by atoms with van der Waals surface area (Å²) in [6.07, 6.45) is 7.69. The minimum absolute atomic E-state index is 0.0621. The molecular formula is C21H25N5O3. The lowest BCUT2D eigenvalue weighted by Gasteiger charge is -2.28. The predicted molar refractivity (Wildman–Crippen MR) is 110 cm³/mol. The van der Waals surface area contributed by atoms with E-state index in [2.05, 4.69) is 25.6 Å². The van der Waals surface area contributed by atoms with Crippen molar-refractivity contribution in [2.45, 2.75) is 44.4 Å².